The third-order valence-corrected chi connectivity index (χ3v) is 4.42. The first-order chi connectivity index (χ1) is 8.51. The largest absolute Gasteiger partial charge is 0.355 e. The maximum absolute atomic E-state index is 4.41. The first-order valence-electron chi connectivity index (χ1n) is 7.24. The summed E-state index contributed by atoms with van der Waals surface area (Å²) in [6.45, 7) is 18.7. The maximum atomic E-state index is 4.41. The van der Waals surface area contributed by atoms with Crippen molar-refractivity contribution in [2.75, 3.05) is 26.7 Å². The monoisotopic (exact) mass is 268 g/mol. The molecule has 0 bridgehead atoms. The minimum Gasteiger partial charge on any atom is -0.355 e. The molecule has 1 aliphatic heterocycles. The first kappa shape index (κ1) is 16.3. The van der Waals surface area contributed by atoms with Gasteiger partial charge < -0.3 is 15.5 Å². The molecule has 0 aromatic heterocycles. The van der Waals surface area contributed by atoms with Gasteiger partial charge in [-0.25, -0.2) is 0 Å². The molecule has 2 N–H and O–H groups in total. The number of hydrogen-bond donors (Lipinski definition) is 2. The van der Waals surface area contributed by atoms with Crippen molar-refractivity contribution in [3.8, 4) is 0 Å². The van der Waals surface area contributed by atoms with Gasteiger partial charge in [-0.2, -0.15) is 0 Å². The topological polar surface area (TPSA) is 39.7 Å². The third-order valence-electron chi connectivity index (χ3n) is 4.42. The second-order valence-corrected chi connectivity index (χ2v) is 7.68. The van der Waals surface area contributed by atoms with Crippen LogP contribution in [0.25, 0.3) is 0 Å². The molecule has 1 rings (SSSR count). The lowest BCUT2D eigenvalue weighted by molar-refractivity contribution is -0.0666. The van der Waals surface area contributed by atoms with E-state index in [4.69, 9.17) is 0 Å². The van der Waals surface area contributed by atoms with Crippen molar-refractivity contribution in [1.82, 2.24) is 15.5 Å². The quantitative estimate of drug-likeness (QED) is 0.468. The summed E-state index contributed by atoms with van der Waals surface area (Å²) in [5.74, 6) is 1.01. The Labute approximate surface area is 119 Å². The highest BCUT2D eigenvalue weighted by atomic mass is 15.4. The van der Waals surface area contributed by atoms with Gasteiger partial charge in [0.15, 0.2) is 5.96 Å². The van der Waals surface area contributed by atoms with Crippen molar-refractivity contribution >= 4 is 5.96 Å². The molecule has 0 radical (unpaired) electrons. The summed E-state index contributed by atoms with van der Waals surface area (Å²) in [5.41, 5.74) is 0.670. The summed E-state index contributed by atoms with van der Waals surface area (Å²) < 4.78 is 0. The van der Waals surface area contributed by atoms with Crippen LogP contribution in [-0.2, 0) is 0 Å². The molecule has 4 nitrogen and oxygen atoms in total. The van der Waals surface area contributed by atoms with Gasteiger partial charge in [-0.1, -0.05) is 13.8 Å². The van der Waals surface area contributed by atoms with E-state index in [2.05, 4.69) is 69.0 Å². The van der Waals surface area contributed by atoms with E-state index in [1.807, 2.05) is 7.05 Å². The molecular weight excluding hydrogens is 236 g/mol. The lowest BCUT2D eigenvalue weighted by atomic mass is 9.65. The number of nitrogens with zero attached hydrogens (tertiary/aromatic N) is 2. The molecule has 4 heteroatoms. The molecule has 0 aromatic carbocycles. The fourth-order valence-electron chi connectivity index (χ4n) is 2.31. The van der Waals surface area contributed by atoms with Gasteiger partial charge in [0.1, 0.15) is 0 Å². The van der Waals surface area contributed by atoms with Crippen LogP contribution in [0.4, 0.5) is 0 Å². The molecule has 0 aliphatic carbocycles. The van der Waals surface area contributed by atoms with E-state index in [-0.39, 0.29) is 11.1 Å². The molecule has 0 unspecified atom stereocenters. The molecule has 0 aromatic rings. The van der Waals surface area contributed by atoms with Crippen molar-refractivity contribution < 1.29 is 0 Å². The molecule has 112 valence electrons. The second kappa shape index (κ2) is 5.31. The van der Waals surface area contributed by atoms with E-state index in [9.17, 15) is 0 Å². The second-order valence-electron chi connectivity index (χ2n) is 7.68. The molecule has 0 saturated carbocycles. The standard InChI is InChI=1S/C15H32N4/c1-13(2,3)18-10-9-17-12(16-8)19-11-14(4,5)15(19,6)7/h18H,9-11H2,1-8H3,(H,16,17). The molecule has 1 fully saturated rings. The number of likely N-dealkylation sites (tertiary alicyclic amines) is 1. The smallest absolute Gasteiger partial charge is 0.194 e. The van der Waals surface area contributed by atoms with Crippen LogP contribution in [0.5, 0.6) is 0 Å². The highest BCUT2D eigenvalue weighted by molar-refractivity contribution is 5.82. The Bertz CT molecular complexity index is 337. The average Bonchev–Trinajstić information content (AvgIpc) is 2.25. The van der Waals surface area contributed by atoms with E-state index in [0.29, 0.717) is 5.41 Å². The number of guanidine groups is 1. The number of rotatable bonds is 3. The van der Waals surface area contributed by atoms with Crippen molar-refractivity contribution in [2.24, 2.45) is 10.4 Å². The van der Waals surface area contributed by atoms with Crippen LogP contribution in [0.2, 0.25) is 0 Å². The van der Waals surface area contributed by atoms with Crippen molar-refractivity contribution in [3.63, 3.8) is 0 Å². The van der Waals surface area contributed by atoms with Gasteiger partial charge in [-0.15, -0.1) is 0 Å². The minimum atomic E-state index is 0.159. The van der Waals surface area contributed by atoms with E-state index in [1.54, 1.807) is 0 Å². The Hall–Kier alpha value is -0.770. The fourth-order valence-corrected chi connectivity index (χ4v) is 2.31. The molecule has 0 spiro atoms. The Kier molecular flexibility index (Phi) is 4.55. The Balaban J connectivity index is 2.45. The molecule has 19 heavy (non-hydrogen) atoms. The molecular formula is C15H32N4. The van der Waals surface area contributed by atoms with Crippen LogP contribution in [0.1, 0.15) is 48.5 Å². The maximum Gasteiger partial charge on any atom is 0.194 e. The van der Waals surface area contributed by atoms with Crippen LogP contribution >= 0.6 is 0 Å². The minimum absolute atomic E-state index is 0.159. The first-order valence-corrected chi connectivity index (χ1v) is 7.24. The average molecular weight is 268 g/mol. The van der Waals surface area contributed by atoms with Gasteiger partial charge in [0, 0.05) is 43.2 Å². The summed E-state index contributed by atoms with van der Waals surface area (Å²) in [4.78, 5) is 6.77. The van der Waals surface area contributed by atoms with Crippen LogP contribution < -0.4 is 10.6 Å². The number of nitrogens with one attached hydrogen (secondary N) is 2. The Morgan fingerprint density at radius 1 is 1.16 bits per heavy atom. The SMILES string of the molecule is CN=C(NCCNC(C)(C)C)N1CC(C)(C)C1(C)C. The van der Waals surface area contributed by atoms with Crippen LogP contribution in [0.3, 0.4) is 0 Å². The zero-order valence-electron chi connectivity index (χ0n) is 14.0. The fraction of sp³-hybridized carbons (Fsp3) is 0.933. The normalized spacial score (nSPS) is 22.1. The summed E-state index contributed by atoms with van der Waals surface area (Å²) in [6.07, 6.45) is 0. The van der Waals surface area contributed by atoms with Crippen LogP contribution in [0, 0.1) is 5.41 Å². The van der Waals surface area contributed by atoms with E-state index in [0.717, 1.165) is 25.6 Å². The van der Waals surface area contributed by atoms with Gasteiger partial charge in [0.2, 0.25) is 0 Å². The van der Waals surface area contributed by atoms with Crippen LogP contribution in [0.15, 0.2) is 4.99 Å². The lowest BCUT2D eigenvalue weighted by Crippen LogP contribution is -2.72. The Morgan fingerprint density at radius 3 is 2.11 bits per heavy atom. The van der Waals surface area contributed by atoms with Gasteiger partial charge in [-0.05, 0) is 34.6 Å². The molecule has 1 heterocycles. The molecule has 0 amide bonds. The molecule has 0 atom stereocenters. The van der Waals surface area contributed by atoms with Crippen LogP contribution in [-0.4, -0.2) is 48.6 Å². The third kappa shape index (κ3) is 3.62. The molecule has 1 aliphatic rings. The Morgan fingerprint density at radius 2 is 1.74 bits per heavy atom. The highest BCUT2D eigenvalue weighted by Crippen LogP contribution is 2.46. The van der Waals surface area contributed by atoms with E-state index < -0.39 is 0 Å². The summed E-state index contributed by atoms with van der Waals surface area (Å²) in [7, 11) is 1.86. The predicted octanol–water partition coefficient (Wildman–Crippen LogP) is 2.07. The number of hydrogen-bond acceptors (Lipinski definition) is 2. The van der Waals surface area contributed by atoms with E-state index in [1.165, 1.54) is 0 Å². The van der Waals surface area contributed by atoms with Gasteiger partial charge >= 0.3 is 0 Å². The van der Waals surface area contributed by atoms with Crippen molar-refractivity contribution in [1.29, 1.82) is 0 Å². The summed E-state index contributed by atoms with van der Waals surface area (Å²) >= 11 is 0. The zero-order valence-corrected chi connectivity index (χ0v) is 14.0. The zero-order chi connectivity index (χ0) is 14.9. The van der Waals surface area contributed by atoms with Gasteiger partial charge in [0.05, 0.1) is 0 Å². The van der Waals surface area contributed by atoms with E-state index >= 15 is 0 Å². The summed E-state index contributed by atoms with van der Waals surface area (Å²) in [5, 5.41) is 6.93. The van der Waals surface area contributed by atoms with Gasteiger partial charge in [0.25, 0.3) is 0 Å². The number of aliphatic imine (C=N–C) groups is 1. The van der Waals surface area contributed by atoms with Crippen molar-refractivity contribution in [2.45, 2.75) is 59.5 Å². The molecule has 1 saturated heterocycles. The van der Waals surface area contributed by atoms with Crippen molar-refractivity contribution in [3.05, 3.63) is 0 Å². The lowest BCUT2D eigenvalue weighted by Gasteiger charge is -2.62. The summed E-state index contributed by atoms with van der Waals surface area (Å²) in [6, 6.07) is 0. The van der Waals surface area contributed by atoms with Gasteiger partial charge in [-0.3, -0.25) is 4.99 Å². The highest BCUT2D eigenvalue weighted by Gasteiger charge is 2.53. The predicted molar refractivity (Wildman–Crippen MR) is 83.7 cm³/mol.